The molecule has 0 aromatic heterocycles. The number of likely N-dealkylation sites (N-methyl/N-ethyl adjacent to an activating group) is 1. The summed E-state index contributed by atoms with van der Waals surface area (Å²) in [7, 11) is 5.90. The van der Waals surface area contributed by atoms with Gasteiger partial charge < -0.3 is 20.3 Å². The highest BCUT2D eigenvalue weighted by Gasteiger charge is 2.11. The molecule has 1 aromatic rings. The number of hydrogen-bond acceptors (Lipinski definition) is 4. The van der Waals surface area contributed by atoms with Gasteiger partial charge in [0, 0.05) is 12.6 Å². The highest BCUT2D eigenvalue weighted by Crippen LogP contribution is 2.17. The third-order valence-corrected chi connectivity index (χ3v) is 3.53. The predicted molar refractivity (Wildman–Crippen MR) is 85.2 cm³/mol. The molecule has 0 aliphatic heterocycles. The van der Waals surface area contributed by atoms with E-state index in [2.05, 4.69) is 43.0 Å². The Morgan fingerprint density at radius 2 is 1.80 bits per heavy atom. The first-order valence-corrected chi connectivity index (χ1v) is 7.33. The van der Waals surface area contributed by atoms with E-state index in [-0.39, 0.29) is 6.04 Å². The predicted octanol–water partition coefficient (Wildman–Crippen LogP) is 1.97. The molecule has 0 amide bonds. The summed E-state index contributed by atoms with van der Waals surface area (Å²) in [6, 6.07) is 8.10. The molecule has 1 aromatic carbocycles. The van der Waals surface area contributed by atoms with E-state index in [0.29, 0.717) is 0 Å². The van der Waals surface area contributed by atoms with Gasteiger partial charge in [0.05, 0.1) is 7.11 Å². The van der Waals surface area contributed by atoms with E-state index in [1.165, 1.54) is 6.42 Å². The maximum Gasteiger partial charge on any atom is 0.118 e. The smallest absolute Gasteiger partial charge is 0.118 e. The topological polar surface area (TPSA) is 41.7 Å². The van der Waals surface area contributed by atoms with E-state index in [4.69, 9.17) is 10.5 Å². The van der Waals surface area contributed by atoms with Crippen molar-refractivity contribution in [1.29, 1.82) is 0 Å². The van der Waals surface area contributed by atoms with Gasteiger partial charge in [-0.2, -0.15) is 0 Å². The molecule has 0 spiro atoms. The molecular weight excluding hydrogens is 250 g/mol. The van der Waals surface area contributed by atoms with Gasteiger partial charge in [0.15, 0.2) is 0 Å². The van der Waals surface area contributed by atoms with Crippen LogP contribution in [0.2, 0.25) is 0 Å². The monoisotopic (exact) mass is 279 g/mol. The van der Waals surface area contributed by atoms with Crippen molar-refractivity contribution in [1.82, 2.24) is 9.80 Å². The third-order valence-electron chi connectivity index (χ3n) is 3.53. The van der Waals surface area contributed by atoms with Crippen LogP contribution in [-0.4, -0.2) is 57.2 Å². The van der Waals surface area contributed by atoms with Crippen molar-refractivity contribution in [2.75, 3.05) is 47.4 Å². The number of benzene rings is 1. The van der Waals surface area contributed by atoms with Gasteiger partial charge in [-0.05, 0) is 57.8 Å². The Balaban J connectivity index is 2.46. The molecule has 0 fully saturated rings. The Hall–Kier alpha value is -1.10. The minimum Gasteiger partial charge on any atom is -0.497 e. The molecule has 4 heteroatoms. The lowest BCUT2D eigenvalue weighted by atomic mass is 10.1. The van der Waals surface area contributed by atoms with Crippen LogP contribution in [0.25, 0.3) is 0 Å². The van der Waals surface area contributed by atoms with E-state index >= 15 is 0 Å². The zero-order chi connectivity index (χ0) is 15.0. The first-order valence-electron chi connectivity index (χ1n) is 7.33. The standard InChI is InChI=1S/C16H29N3O/c1-5-19(12-6-11-18(2)3)13-16(17)14-7-9-15(20-4)10-8-14/h7-10,16H,5-6,11-13,17H2,1-4H3. The molecule has 0 saturated heterocycles. The Labute approximate surface area is 123 Å². The fourth-order valence-electron chi connectivity index (χ4n) is 2.22. The van der Waals surface area contributed by atoms with Crippen LogP contribution >= 0.6 is 0 Å². The quantitative estimate of drug-likeness (QED) is 0.750. The molecule has 0 radical (unpaired) electrons. The van der Waals surface area contributed by atoms with Gasteiger partial charge in [-0.1, -0.05) is 19.1 Å². The maximum absolute atomic E-state index is 6.30. The van der Waals surface area contributed by atoms with Gasteiger partial charge in [-0.3, -0.25) is 0 Å². The summed E-state index contributed by atoms with van der Waals surface area (Å²) in [6.07, 6.45) is 1.18. The Bertz CT molecular complexity index is 364. The summed E-state index contributed by atoms with van der Waals surface area (Å²) in [5.74, 6) is 0.874. The van der Waals surface area contributed by atoms with Gasteiger partial charge in [0.1, 0.15) is 5.75 Å². The Morgan fingerprint density at radius 3 is 2.30 bits per heavy atom. The second kappa shape index (κ2) is 8.95. The van der Waals surface area contributed by atoms with Gasteiger partial charge in [-0.15, -0.1) is 0 Å². The SMILES string of the molecule is CCN(CCCN(C)C)CC(N)c1ccc(OC)cc1. The molecule has 1 rings (SSSR count). The third kappa shape index (κ3) is 5.90. The second-order valence-corrected chi connectivity index (χ2v) is 5.43. The summed E-state index contributed by atoms with van der Waals surface area (Å²) in [6.45, 7) is 6.34. The lowest BCUT2D eigenvalue weighted by Crippen LogP contribution is -2.34. The normalized spacial score (nSPS) is 12.9. The average Bonchev–Trinajstić information content (AvgIpc) is 2.45. The van der Waals surface area contributed by atoms with Crippen LogP contribution in [0.15, 0.2) is 24.3 Å². The molecule has 20 heavy (non-hydrogen) atoms. The molecule has 0 saturated carbocycles. The highest BCUT2D eigenvalue weighted by atomic mass is 16.5. The van der Waals surface area contributed by atoms with Gasteiger partial charge in [-0.25, -0.2) is 0 Å². The van der Waals surface area contributed by atoms with Crippen molar-refractivity contribution < 1.29 is 4.74 Å². The molecule has 0 aliphatic rings. The first kappa shape index (κ1) is 17.0. The lowest BCUT2D eigenvalue weighted by molar-refractivity contribution is 0.252. The van der Waals surface area contributed by atoms with Gasteiger partial charge in [0.2, 0.25) is 0 Å². The van der Waals surface area contributed by atoms with Gasteiger partial charge in [0.25, 0.3) is 0 Å². The largest absolute Gasteiger partial charge is 0.497 e. The zero-order valence-electron chi connectivity index (χ0n) is 13.3. The fraction of sp³-hybridized carbons (Fsp3) is 0.625. The Kier molecular flexibility index (Phi) is 7.59. The molecule has 0 bridgehead atoms. The summed E-state index contributed by atoms with van der Waals surface area (Å²) in [4.78, 5) is 4.63. The van der Waals surface area contributed by atoms with Crippen LogP contribution in [0.5, 0.6) is 5.75 Å². The zero-order valence-corrected chi connectivity index (χ0v) is 13.3. The van der Waals surface area contributed by atoms with Crippen molar-refractivity contribution >= 4 is 0 Å². The number of rotatable bonds is 9. The van der Waals surface area contributed by atoms with Crippen LogP contribution < -0.4 is 10.5 Å². The molecule has 0 aliphatic carbocycles. The fourth-order valence-corrected chi connectivity index (χ4v) is 2.22. The lowest BCUT2D eigenvalue weighted by Gasteiger charge is -2.25. The van der Waals surface area contributed by atoms with Gasteiger partial charge >= 0.3 is 0 Å². The number of nitrogens with two attached hydrogens (primary N) is 1. The van der Waals surface area contributed by atoms with Crippen LogP contribution in [0.1, 0.15) is 24.9 Å². The first-order chi connectivity index (χ1) is 9.56. The van der Waals surface area contributed by atoms with E-state index in [0.717, 1.165) is 37.5 Å². The second-order valence-electron chi connectivity index (χ2n) is 5.43. The van der Waals surface area contributed by atoms with Crippen LogP contribution in [0.3, 0.4) is 0 Å². The number of nitrogens with zero attached hydrogens (tertiary/aromatic N) is 2. The molecule has 4 nitrogen and oxygen atoms in total. The number of ether oxygens (including phenoxy) is 1. The summed E-state index contributed by atoms with van der Waals surface area (Å²) in [5.41, 5.74) is 7.47. The van der Waals surface area contributed by atoms with Crippen molar-refractivity contribution in [2.45, 2.75) is 19.4 Å². The van der Waals surface area contributed by atoms with Crippen molar-refractivity contribution in [3.05, 3.63) is 29.8 Å². The number of hydrogen-bond donors (Lipinski definition) is 1. The number of methoxy groups -OCH3 is 1. The van der Waals surface area contributed by atoms with E-state index in [9.17, 15) is 0 Å². The van der Waals surface area contributed by atoms with Crippen molar-refractivity contribution in [3.8, 4) is 5.75 Å². The van der Waals surface area contributed by atoms with Crippen molar-refractivity contribution in [2.24, 2.45) is 5.73 Å². The van der Waals surface area contributed by atoms with Crippen LogP contribution in [0, 0.1) is 0 Å². The van der Waals surface area contributed by atoms with Crippen LogP contribution in [-0.2, 0) is 0 Å². The van der Waals surface area contributed by atoms with Crippen molar-refractivity contribution in [3.63, 3.8) is 0 Å². The summed E-state index contributed by atoms with van der Waals surface area (Å²) < 4.78 is 5.17. The minimum absolute atomic E-state index is 0.0558. The van der Waals surface area contributed by atoms with Crippen LogP contribution in [0.4, 0.5) is 0 Å². The highest BCUT2D eigenvalue weighted by molar-refractivity contribution is 5.29. The molecule has 1 unspecified atom stereocenters. The molecule has 0 heterocycles. The minimum atomic E-state index is 0.0558. The average molecular weight is 279 g/mol. The molecule has 2 N–H and O–H groups in total. The molecular formula is C16H29N3O. The Morgan fingerprint density at radius 1 is 1.15 bits per heavy atom. The summed E-state index contributed by atoms with van der Waals surface area (Å²) >= 11 is 0. The van der Waals surface area contributed by atoms with E-state index < -0.39 is 0 Å². The van der Waals surface area contributed by atoms with E-state index in [1.54, 1.807) is 7.11 Å². The molecule has 1 atom stereocenters. The maximum atomic E-state index is 6.30. The van der Waals surface area contributed by atoms with E-state index in [1.807, 2.05) is 12.1 Å². The molecule has 114 valence electrons. The summed E-state index contributed by atoms with van der Waals surface area (Å²) in [5, 5.41) is 0.